The second-order valence-electron chi connectivity index (χ2n) is 20.7. The quantitative estimate of drug-likeness (QED) is 0.0678. The predicted octanol–water partition coefficient (Wildman–Crippen LogP) is 9.57. The van der Waals surface area contributed by atoms with E-state index in [0.717, 1.165) is 77.4 Å². The lowest BCUT2D eigenvalue weighted by atomic mass is 9.83. The maximum absolute atomic E-state index is 17.1. The lowest BCUT2D eigenvalue weighted by Gasteiger charge is -2.35. The third-order valence-corrected chi connectivity index (χ3v) is 17.0. The number of nitrogens with one attached hydrogen (secondary N) is 3. The van der Waals surface area contributed by atoms with Gasteiger partial charge in [-0.2, -0.15) is 4.98 Å². The minimum Gasteiger partial charge on any atom is -0.508 e. The average Bonchev–Trinajstić information content (AvgIpc) is 4.24. The number of anilines is 2. The van der Waals surface area contributed by atoms with Crippen LogP contribution in [0.3, 0.4) is 0 Å². The van der Waals surface area contributed by atoms with E-state index in [2.05, 4.69) is 26.3 Å². The van der Waals surface area contributed by atoms with Crippen molar-refractivity contribution in [1.29, 1.82) is 0 Å². The van der Waals surface area contributed by atoms with Crippen LogP contribution < -0.4 is 25.6 Å². The Morgan fingerprint density at radius 2 is 1.62 bits per heavy atom. The highest BCUT2D eigenvalue weighted by molar-refractivity contribution is 7.10. The highest BCUT2D eigenvalue weighted by Gasteiger charge is 2.40. The van der Waals surface area contributed by atoms with Crippen LogP contribution in [0.4, 0.5) is 16.2 Å². The number of carbonyl (C=O) groups is 4. The number of hydrogen-bond donors (Lipinski definition) is 4. The summed E-state index contributed by atoms with van der Waals surface area (Å²) >= 11 is 8.48. The molecule has 16 nitrogen and oxygen atoms in total. The Labute approximate surface area is 462 Å². The van der Waals surface area contributed by atoms with Crippen LogP contribution in [0.5, 0.6) is 11.5 Å². The van der Waals surface area contributed by atoms with Crippen LogP contribution >= 0.6 is 22.9 Å². The van der Waals surface area contributed by atoms with E-state index >= 15 is 4.39 Å². The number of hydrogen-bond acceptors (Lipinski definition) is 13. The van der Waals surface area contributed by atoms with Gasteiger partial charge in [0.25, 0.3) is 0 Å². The Morgan fingerprint density at radius 3 is 2.37 bits per heavy atom. The molecule has 78 heavy (non-hydrogen) atoms. The maximum Gasteiger partial charge on any atom is 0.246 e. The van der Waals surface area contributed by atoms with E-state index in [1.165, 1.54) is 13.0 Å². The van der Waals surface area contributed by atoms with Crippen molar-refractivity contribution in [2.75, 3.05) is 76.7 Å². The number of carbonyl (C=O) groups excluding carboxylic acids is 4. The summed E-state index contributed by atoms with van der Waals surface area (Å²) in [6.07, 6.45) is 6.87. The third kappa shape index (κ3) is 11.4. The van der Waals surface area contributed by atoms with E-state index in [-0.39, 0.29) is 83.0 Å². The molecule has 19 heteroatoms. The van der Waals surface area contributed by atoms with Crippen molar-refractivity contribution in [3.63, 3.8) is 0 Å². The van der Waals surface area contributed by atoms with Crippen molar-refractivity contribution in [3.05, 3.63) is 100 Å². The molecule has 1 unspecified atom stereocenters. The Kier molecular flexibility index (Phi) is 16.6. The Balaban J connectivity index is 0.801. The molecule has 2 saturated heterocycles. The number of fused-ring (bicyclic) bond motifs is 3. The molecule has 408 valence electrons. The third-order valence-electron chi connectivity index (χ3n) is 15.7. The normalized spacial score (nSPS) is 16.9. The van der Waals surface area contributed by atoms with Gasteiger partial charge < -0.3 is 45.4 Å². The monoisotopic (exact) mass is 1100 g/mol. The molecule has 3 atom stereocenters. The smallest absolute Gasteiger partial charge is 0.246 e. The molecule has 5 aromatic carbocycles. The Bertz CT molecular complexity index is 3380. The number of phenolic OH excluding ortho intramolecular Hbond substituents is 1. The van der Waals surface area contributed by atoms with Gasteiger partial charge in [0.2, 0.25) is 29.6 Å². The van der Waals surface area contributed by atoms with E-state index in [4.69, 9.17) is 26.3 Å². The van der Waals surface area contributed by atoms with Gasteiger partial charge in [0.15, 0.2) is 5.82 Å². The molecule has 3 aliphatic rings. The number of thiazole rings is 1. The fraction of sp³-hybridized carbons (Fsp3) is 0.407. The lowest BCUT2D eigenvalue weighted by molar-refractivity contribution is -0.139. The molecular weight excluding hydrogens is 1030 g/mol. The van der Waals surface area contributed by atoms with Crippen molar-refractivity contribution in [1.82, 2.24) is 40.3 Å². The second kappa shape index (κ2) is 23.8. The molecule has 4 amide bonds. The van der Waals surface area contributed by atoms with E-state index in [9.17, 15) is 24.3 Å². The number of rotatable bonds is 17. The van der Waals surface area contributed by atoms with Gasteiger partial charge in [-0.15, -0.1) is 11.3 Å². The molecule has 1 aliphatic carbocycles. The molecule has 0 bridgehead atoms. The van der Waals surface area contributed by atoms with Crippen molar-refractivity contribution >= 4 is 90.8 Å². The van der Waals surface area contributed by atoms with Gasteiger partial charge in [-0.1, -0.05) is 79.4 Å². The number of piperazine rings is 1. The van der Waals surface area contributed by atoms with Gasteiger partial charge in [-0.25, -0.2) is 14.4 Å². The molecule has 10 rings (SSSR count). The molecule has 0 radical (unpaired) electrons. The van der Waals surface area contributed by atoms with E-state index < -0.39 is 17.9 Å². The average molecular weight is 1100 g/mol. The van der Waals surface area contributed by atoms with E-state index in [1.54, 1.807) is 47.4 Å². The number of phenols is 1. The minimum atomic E-state index is -0.680. The number of benzene rings is 5. The zero-order chi connectivity index (χ0) is 54.6. The summed E-state index contributed by atoms with van der Waals surface area (Å²) in [7, 11) is 3.47. The van der Waals surface area contributed by atoms with Crippen LogP contribution in [0.15, 0.2) is 84.2 Å². The van der Waals surface area contributed by atoms with Crippen LogP contribution in [-0.2, 0) is 19.2 Å². The fourth-order valence-electron chi connectivity index (χ4n) is 11.3. The molecule has 4 N–H and O–H groups in total. The molecule has 2 aromatic heterocycles. The largest absolute Gasteiger partial charge is 0.508 e. The standard InChI is InChI=1S/C59H66ClFN10O6S/c1-35(62-3)56(75)65-53(37-13-6-5-7-14-37)58(76)71-24-12-19-48(71)57-64-47(34-78-57)42-20-21-49(43-18-11-10-17-41(42)43)77-30-29-68(4)50(74)22-23-63-59-66-54-45(55(67-59)70-27-25-69(26-28-70)36(2)72)33-46(60)51(52(54)61)44-32-39(73)31-38-15-8-9-16-40(38)44/h8-11,15-18,20-21,31-35,37,48,53,62,73H,5-7,12-14,19,22-30H2,1-4H3,(H,65,75)(H,63,66,67)/t35-,48-,53?/m0/s1. The van der Waals surface area contributed by atoms with Crippen LogP contribution in [0.2, 0.25) is 5.02 Å². The van der Waals surface area contributed by atoms with Crippen LogP contribution in [-0.4, -0.2) is 137 Å². The number of aromatic hydroxyl groups is 1. The highest BCUT2D eigenvalue weighted by Crippen LogP contribution is 2.44. The first-order chi connectivity index (χ1) is 37.8. The van der Waals surface area contributed by atoms with E-state index in [1.807, 2.05) is 77.4 Å². The van der Waals surface area contributed by atoms with Crippen LogP contribution in [0.25, 0.3) is 54.8 Å². The van der Waals surface area contributed by atoms with Crippen molar-refractivity contribution < 1.29 is 33.4 Å². The molecule has 7 aromatic rings. The number of likely N-dealkylation sites (N-methyl/N-ethyl adjacent to an activating group) is 2. The minimum absolute atomic E-state index is 0.0165. The zero-order valence-electron chi connectivity index (χ0n) is 44.5. The molecule has 1 saturated carbocycles. The molecule has 3 fully saturated rings. The maximum atomic E-state index is 17.1. The zero-order valence-corrected chi connectivity index (χ0v) is 46.1. The first-order valence-corrected chi connectivity index (χ1v) is 28.3. The van der Waals surface area contributed by atoms with Crippen molar-refractivity contribution in [2.45, 2.75) is 83.3 Å². The number of ether oxygens (including phenoxy) is 1. The first-order valence-electron chi connectivity index (χ1n) is 27.1. The van der Waals surface area contributed by atoms with Gasteiger partial charge in [-0.3, -0.25) is 19.2 Å². The van der Waals surface area contributed by atoms with Crippen molar-refractivity contribution in [2.24, 2.45) is 5.92 Å². The van der Waals surface area contributed by atoms with Gasteiger partial charge >= 0.3 is 0 Å². The van der Waals surface area contributed by atoms with Crippen LogP contribution in [0.1, 0.15) is 76.3 Å². The predicted molar refractivity (Wildman–Crippen MR) is 306 cm³/mol. The van der Waals surface area contributed by atoms with Gasteiger partial charge in [0, 0.05) is 86.9 Å². The number of halogens is 2. The number of likely N-dealkylation sites (tertiary alicyclic amines) is 1. The molecule has 0 spiro atoms. The highest BCUT2D eigenvalue weighted by atomic mass is 35.5. The molecule has 4 heterocycles. The summed E-state index contributed by atoms with van der Waals surface area (Å²) in [5.41, 5.74) is 2.29. The number of aromatic nitrogens is 3. The second-order valence-corrected chi connectivity index (χ2v) is 22.0. The summed E-state index contributed by atoms with van der Waals surface area (Å²) in [6, 6.07) is 22.9. The van der Waals surface area contributed by atoms with Gasteiger partial charge in [0.1, 0.15) is 40.5 Å². The molecular formula is C59H66ClFN10O6S. The van der Waals surface area contributed by atoms with E-state index in [0.29, 0.717) is 67.2 Å². The number of amides is 4. The fourth-order valence-corrected chi connectivity index (χ4v) is 12.5. The summed E-state index contributed by atoms with van der Waals surface area (Å²) in [6.45, 7) is 6.48. The Morgan fingerprint density at radius 1 is 0.872 bits per heavy atom. The lowest BCUT2D eigenvalue weighted by Crippen LogP contribution is -2.55. The van der Waals surface area contributed by atoms with Crippen LogP contribution in [0, 0.1) is 11.7 Å². The van der Waals surface area contributed by atoms with Crippen molar-refractivity contribution in [3.8, 4) is 33.9 Å². The van der Waals surface area contributed by atoms with Gasteiger partial charge in [-0.05, 0) is 97.6 Å². The number of nitrogens with zero attached hydrogens (tertiary/aromatic N) is 7. The SMILES string of the molecule is CN[C@@H](C)C(=O)NC(C(=O)N1CCC[C@H]1c1nc(-c2ccc(OCCN(C)C(=O)CCNc3nc(N4CCN(C(C)=O)CC4)c4cc(Cl)c(-c5cc(O)cc6ccccc56)c(F)c4n3)c3ccccc23)cs1)C1CCCCC1. The molecule has 2 aliphatic heterocycles. The summed E-state index contributed by atoms with van der Waals surface area (Å²) in [5.74, 6) is 0.276. The first kappa shape index (κ1) is 54.2. The summed E-state index contributed by atoms with van der Waals surface area (Å²) in [4.78, 5) is 75.3. The summed E-state index contributed by atoms with van der Waals surface area (Å²) < 4.78 is 23.5. The topological polar surface area (TPSA) is 185 Å². The Hall–Kier alpha value is -7.15. The summed E-state index contributed by atoms with van der Waals surface area (Å²) in [5, 5.41) is 26.7. The van der Waals surface area contributed by atoms with Gasteiger partial charge in [0.05, 0.1) is 29.3 Å².